The molecule has 3 rings (SSSR count). The van der Waals surface area contributed by atoms with Gasteiger partial charge in [0.15, 0.2) is 0 Å². The molecule has 1 aliphatic rings. The van der Waals surface area contributed by atoms with Crippen molar-refractivity contribution in [1.29, 1.82) is 0 Å². The molecule has 11 heteroatoms. The van der Waals surface area contributed by atoms with Gasteiger partial charge in [0.2, 0.25) is 5.90 Å². The molecule has 0 saturated heterocycles. The highest BCUT2D eigenvalue weighted by Crippen LogP contribution is 2.32. The first-order chi connectivity index (χ1) is 14.3. The average Bonchev–Trinajstić information content (AvgIpc) is 2.74. The first kappa shape index (κ1) is 21.6. The summed E-state index contributed by atoms with van der Waals surface area (Å²) in [6, 6.07) is 2.87. The number of halogens is 4. The van der Waals surface area contributed by atoms with Crippen molar-refractivity contribution >= 4 is 29.9 Å². The number of alkyl halides is 2. The van der Waals surface area contributed by atoms with Crippen LogP contribution in [-0.2, 0) is 0 Å². The van der Waals surface area contributed by atoms with Crippen LogP contribution in [0.4, 0.5) is 18.9 Å². The number of nitrogens with zero attached hydrogens (tertiary/aromatic N) is 4. The number of rotatable bonds is 5. The van der Waals surface area contributed by atoms with E-state index in [1.54, 1.807) is 4.90 Å². The monoisotopic (exact) mass is 439 g/mol. The molecule has 158 valence electrons. The molecule has 0 fully saturated rings. The van der Waals surface area contributed by atoms with Crippen molar-refractivity contribution in [2.45, 2.75) is 12.8 Å². The minimum Gasteiger partial charge on any atom is -0.439 e. The quantitative estimate of drug-likeness (QED) is 0.568. The zero-order valence-electron chi connectivity index (χ0n) is 15.8. The fraction of sp³-hybridized carbons (Fsp3) is 0.263. The topological polar surface area (TPSA) is 82.9 Å². The maximum Gasteiger partial charge on any atom is 0.285 e. The first-order valence-electron chi connectivity index (χ1n) is 8.75. The van der Waals surface area contributed by atoms with Gasteiger partial charge in [0.05, 0.1) is 29.7 Å². The molecule has 0 saturated carbocycles. The number of ether oxygens (including phenoxy) is 1. The second kappa shape index (κ2) is 9.12. The van der Waals surface area contributed by atoms with Gasteiger partial charge in [-0.2, -0.15) is 5.10 Å². The standard InChI is InChI=1S/C19H17ClF3N5O2/c1-24-13-9-28(14-8-26-27-18(29)16(14)20)6-5-11(13)19(25-2)30-15-4-3-10(21)7-12(15)17(22)23/h3-4,7-8,17H,1,5-6,9H2,2H3,(H,27,29)/b25-19+. The van der Waals surface area contributed by atoms with Crippen LogP contribution in [0.15, 0.2) is 50.4 Å². The lowest BCUT2D eigenvalue weighted by Crippen LogP contribution is -2.35. The van der Waals surface area contributed by atoms with Gasteiger partial charge in [-0.25, -0.2) is 18.3 Å². The van der Waals surface area contributed by atoms with Crippen molar-refractivity contribution in [3.63, 3.8) is 0 Å². The lowest BCUT2D eigenvalue weighted by molar-refractivity contribution is 0.148. The van der Waals surface area contributed by atoms with Crippen molar-refractivity contribution in [2.24, 2.45) is 9.98 Å². The fourth-order valence-electron chi connectivity index (χ4n) is 3.05. The Balaban J connectivity index is 1.92. The summed E-state index contributed by atoms with van der Waals surface area (Å²) in [5.41, 5.74) is 0.354. The third-order valence-corrected chi connectivity index (χ3v) is 4.87. The Kier molecular flexibility index (Phi) is 6.56. The van der Waals surface area contributed by atoms with E-state index in [0.717, 1.165) is 18.2 Å². The van der Waals surface area contributed by atoms with Gasteiger partial charge in [-0.3, -0.25) is 14.8 Å². The lowest BCUT2D eigenvalue weighted by atomic mass is 10.0. The molecule has 0 aliphatic carbocycles. The molecular weight excluding hydrogens is 423 g/mol. The van der Waals surface area contributed by atoms with Gasteiger partial charge in [0, 0.05) is 19.2 Å². The van der Waals surface area contributed by atoms with E-state index in [1.807, 2.05) is 0 Å². The molecule has 0 bridgehead atoms. The number of aliphatic imine (C=N–C) groups is 2. The number of aromatic amines is 1. The Morgan fingerprint density at radius 2 is 2.20 bits per heavy atom. The van der Waals surface area contributed by atoms with Gasteiger partial charge in [-0.05, 0) is 31.3 Å². The molecular formula is C19H17ClF3N5O2. The molecule has 0 atom stereocenters. The third-order valence-electron chi connectivity index (χ3n) is 4.50. The van der Waals surface area contributed by atoms with Crippen LogP contribution in [0, 0.1) is 5.82 Å². The summed E-state index contributed by atoms with van der Waals surface area (Å²) in [5, 5.41) is 5.99. The van der Waals surface area contributed by atoms with Crippen molar-refractivity contribution < 1.29 is 17.9 Å². The highest BCUT2D eigenvalue weighted by Gasteiger charge is 2.26. The van der Waals surface area contributed by atoms with Gasteiger partial charge < -0.3 is 9.64 Å². The zero-order valence-corrected chi connectivity index (χ0v) is 16.6. The molecule has 1 N–H and O–H groups in total. The Bertz CT molecular complexity index is 1080. The summed E-state index contributed by atoms with van der Waals surface area (Å²) in [6.07, 6.45) is -1.14. The summed E-state index contributed by atoms with van der Waals surface area (Å²) >= 11 is 6.07. The SMILES string of the molecule is C=NC1=C(/C(=N\C)Oc2ccc(F)cc2C(F)F)CCN(c2cn[nH]c(=O)c2Cl)C1. The summed E-state index contributed by atoms with van der Waals surface area (Å²) in [5.74, 6) is -0.926. The third kappa shape index (κ3) is 4.38. The van der Waals surface area contributed by atoms with Crippen LogP contribution in [0.3, 0.4) is 0 Å². The van der Waals surface area contributed by atoms with E-state index in [4.69, 9.17) is 16.3 Å². The van der Waals surface area contributed by atoms with Gasteiger partial charge in [0.1, 0.15) is 16.6 Å². The molecule has 7 nitrogen and oxygen atoms in total. The number of anilines is 1. The Labute approximate surface area is 174 Å². The molecule has 30 heavy (non-hydrogen) atoms. The van der Waals surface area contributed by atoms with E-state index < -0.39 is 23.4 Å². The molecule has 1 aliphatic heterocycles. The van der Waals surface area contributed by atoms with E-state index in [9.17, 15) is 18.0 Å². The highest BCUT2D eigenvalue weighted by molar-refractivity contribution is 6.33. The summed E-state index contributed by atoms with van der Waals surface area (Å²) in [4.78, 5) is 21.6. The predicted molar refractivity (Wildman–Crippen MR) is 109 cm³/mol. The second-order valence-electron chi connectivity index (χ2n) is 6.27. The molecule has 2 aromatic rings. The largest absolute Gasteiger partial charge is 0.439 e. The van der Waals surface area contributed by atoms with Crippen LogP contribution >= 0.6 is 11.6 Å². The van der Waals surface area contributed by atoms with Crippen LogP contribution in [-0.4, -0.2) is 42.9 Å². The zero-order chi connectivity index (χ0) is 21.8. The van der Waals surface area contributed by atoms with Crippen LogP contribution < -0.4 is 15.2 Å². The van der Waals surface area contributed by atoms with Crippen molar-refractivity contribution in [3.8, 4) is 5.75 Å². The minimum atomic E-state index is -2.92. The number of H-pyrrole nitrogens is 1. The summed E-state index contributed by atoms with van der Waals surface area (Å²) in [6.45, 7) is 4.18. The van der Waals surface area contributed by atoms with Crippen LogP contribution in [0.1, 0.15) is 18.4 Å². The van der Waals surface area contributed by atoms with Gasteiger partial charge in [-0.15, -0.1) is 0 Å². The summed E-state index contributed by atoms with van der Waals surface area (Å²) in [7, 11) is 1.44. The minimum absolute atomic E-state index is 0.00891. The second-order valence-corrected chi connectivity index (χ2v) is 6.64. The number of nitrogens with one attached hydrogen (secondary N) is 1. The number of benzene rings is 1. The van der Waals surface area contributed by atoms with E-state index in [0.29, 0.717) is 29.9 Å². The maximum atomic E-state index is 13.4. The average molecular weight is 440 g/mol. The van der Waals surface area contributed by atoms with Gasteiger partial charge in [0.25, 0.3) is 12.0 Å². The van der Waals surface area contributed by atoms with Crippen molar-refractivity contribution in [3.05, 3.63) is 62.4 Å². The Hall–Kier alpha value is -3.14. The lowest BCUT2D eigenvalue weighted by Gasteiger charge is -2.31. The van der Waals surface area contributed by atoms with Crippen molar-refractivity contribution in [1.82, 2.24) is 10.2 Å². The van der Waals surface area contributed by atoms with Crippen LogP contribution in [0.5, 0.6) is 5.75 Å². The van der Waals surface area contributed by atoms with E-state index in [2.05, 4.69) is 26.9 Å². The predicted octanol–water partition coefficient (Wildman–Crippen LogP) is 3.77. The van der Waals surface area contributed by atoms with Crippen molar-refractivity contribution in [2.75, 3.05) is 25.0 Å². The van der Waals surface area contributed by atoms with Crippen LogP contribution in [0.2, 0.25) is 5.02 Å². The van der Waals surface area contributed by atoms with E-state index >= 15 is 0 Å². The van der Waals surface area contributed by atoms with E-state index in [-0.39, 0.29) is 23.2 Å². The number of hydrogen-bond donors (Lipinski definition) is 1. The fourth-order valence-corrected chi connectivity index (χ4v) is 3.26. The Morgan fingerprint density at radius 3 is 2.87 bits per heavy atom. The van der Waals surface area contributed by atoms with Gasteiger partial charge >= 0.3 is 0 Å². The maximum absolute atomic E-state index is 13.4. The smallest absolute Gasteiger partial charge is 0.285 e. The molecule has 1 aromatic carbocycles. The normalized spacial score (nSPS) is 15.0. The molecule has 0 unspecified atom stereocenters. The number of aromatic nitrogens is 2. The molecule has 0 radical (unpaired) electrons. The Morgan fingerprint density at radius 1 is 1.43 bits per heavy atom. The molecule has 1 aromatic heterocycles. The first-order valence-corrected chi connectivity index (χ1v) is 9.13. The van der Waals surface area contributed by atoms with E-state index in [1.165, 1.54) is 13.2 Å². The summed E-state index contributed by atoms with van der Waals surface area (Å²) < 4.78 is 45.5. The van der Waals surface area contributed by atoms with Crippen LogP contribution in [0.25, 0.3) is 0 Å². The highest BCUT2D eigenvalue weighted by atomic mass is 35.5. The molecule has 0 spiro atoms. The molecule has 0 amide bonds. The molecule has 2 heterocycles. The van der Waals surface area contributed by atoms with Gasteiger partial charge in [-0.1, -0.05) is 11.6 Å². The number of hydrogen-bond acceptors (Lipinski definition) is 6.